The Morgan fingerprint density at radius 3 is 2.06 bits per heavy atom. The highest BCUT2D eigenvalue weighted by Crippen LogP contribution is 2.56. The molecular formula is C15H23NO2. The van der Waals surface area contributed by atoms with Crippen molar-refractivity contribution in [2.24, 2.45) is 5.73 Å². The van der Waals surface area contributed by atoms with Crippen LogP contribution < -0.4 is 15.2 Å². The topological polar surface area (TPSA) is 44.5 Å². The van der Waals surface area contributed by atoms with Gasteiger partial charge in [0, 0.05) is 17.0 Å². The average Bonchev–Trinajstić information content (AvgIpc) is 3.09. The molecular weight excluding hydrogens is 226 g/mol. The molecule has 1 atom stereocenters. The third-order valence-electron chi connectivity index (χ3n) is 4.19. The number of benzene rings is 1. The maximum absolute atomic E-state index is 6.19. The molecule has 0 saturated heterocycles. The minimum absolute atomic E-state index is 0.0798. The van der Waals surface area contributed by atoms with Gasteiger partial charge in [-0.2, -0.15) is 0 Å². The van der Waals surface area contributed by atoms with Gasteiger partial charge in [0.15, 0.2) is 11.5 Å². The Hall–Kier alpha value is -1.22. The Morgan fingerprint density at radius 1 is 1.11 bits per heavy atom. The third kappa shape index (κ3) is 1.77. The van der Waals surface area contributed by atoms with E-state index in [-0.39, 0.29) is 11.5 Å². The molecule has 2 N–H and O–H groups in total. The molecule has 0 aliphatic heterocycles. The monoisotopic (exact) mass is 249 g/mol. The fourth-order valence-electron chi connectivity index (χ4n) is 3.07. The summed E-state index contributed by atoms with van der Waals surface area (Å²) in [6.07, 6.45) is 2.27. The minimum Gasteiger partial charge on any atom is -0.493 e. The first-order valence-corrected chi connectivity index (χ1v) is 6.46. The van der Waals surface area contributed by atoms with E-state index in [1.165, 1.54) is 11.1 Å². The van der Waals surface area contributed by atoms with Gasteiger partial charge in [0.1, 0.15) is 0 Å². The number of hydrogen-bond acceptors (Lipinski definition) is 3. The zero-order valence-electron chi connectivity index (χ0n) is 12.0. The summed E-state index contributed by atoms with van der Waals surface area (Å²) in [5, 5.41) is 0. The maximum atomic E-state index is 6.19. The van der Waals surface area contributed by atoms with Crippen LogP contribution in [0, 0.1) is 13.8 Å². The van der Waals surface area contributed by atoms with E-state index in [0.717, 1.165) is 29.9 Å². The van der Waals surface area contributed by atoms with Crippen molar-refractivity contribution in [2.45, 2.75) is 45.1 Å². The van der Waals surface area contributed by atoms with Gasteiger partial charge < -0.3 is 15.2 Å². The molecule has 0 heterocycles. The predicted molar refractivity (Wildman–Crippen MR) is 73.6 cm³/mol. The van der Waals surface area contributed by atoms with Gasteiger partial charge in [0.05, 0.1) is 14.2 Å². The maximum Gasteiger partial charge on any atom is 0.165 e. The Bertz CT molecular complexity index is 462. The molecule has 1 saturated carbocycles. The molecule has 0 spiro atoms. The predicted octanol–water partition coefficient (Wildman–Crippen LogP) is 2.70. The summed E-state index contributed by atoms with van der Waals surface area (Å²) in [5.74, 6) is 1.70. The van der Waals surface area contributed by atoms with E-state index in [2.05, 4.69) is 19.9 Å². The Kier molecular flexibility index (Phi) is 3.28. The van der Waals surface area contributed by atoms with Crippen LogP contribution in [0.3, 0.4) is 0 Å². The highest BCUT2D eigenvalue weighted by molar-refractivity contribution is 5.60. The van der Waals surface area contributed by atoms with E-state index in [9.17, 15) is 0 Å². The van der Waals surface area contributed by atoms with Gasteiger partial charge >= 0.3 is 0 Å². The lowest BCUT2D eigenvalue weighted by molar-refractivity contribution is 0.343. The van der Waals surface area contributed by atoms with E-state index in [0.29, 0.717) is 0 Å². The first-order valence-electron chi connectivity index (χ1n) is 6.46. The molecule has 3 nitrogen and oxygen atoms in total. The molecule has 1 fully saturated rings. The summed E-state index contributed by atoms with van der Waals surface area (Å²) in [7, 11) is 3.40. The molecule has 3 heteroatoms. The Labute approximate surface area is 109 Å². The van der Waals surface area contributed by atoms with E-state index < -0.39 is 0 Å². The second-order valence-electron chi connectivity index (χ2n) is 5.40. The van der Waals surface area contributed by atoms with Crippen LogP contribution >= 0.6 is 0 Å². The van der Waals surface area contributed by atoms with Gasteiger partial charge in [-0.15, -0.1) is 0 Å². The van der Waals surface area contributed by atoms with Crippen molar-refractivity contribution in [3.05, 3.63) is 22.8 Å². The van der Waals surface area contributed by atoms with Crippen LogP contribution in [0.4, 0.5) is 0 Å². The van der Waals surface area contributed by atoms with Crippen LogP contribution in [0.5, 0.6) is 11.5 Å². The van der Waals surface area contributed by atoms with Crippen molar-refractivity contribution < 1.29 is 9.47 Å². The summed E-state index contributed by atoms with van der Waals surface area (Å²) < 4.78 is 11.1. The van der Waals surface area contributed by atoms with E-state index in [1.54, 1.807) is 14.2 Å². The van der Waals surface area contributed by atoms with Crippen LogP contribution in [-0.4, -0.2) is 20.3 Å². The summed E-state index contributed by atoms with van der Waals surface area (Å²) in [4.78, 5) is 0. The van der Waals surface area contributed by atoms with Gasteiger partial charge in [-0.3, -0.25) is 0 Å². The molecule has 1 aromatic carbocycles. The van der Waals surface area contributed by atoms with Crippen LogP contribution in [0.2, 0.25) is 0 Å². The largest absolute Gasteiger partial charge is 0.493 e. The molecule has 1 unspecified atom stereocenters. The van der Waals surface area contributed by atoms with E-state index in [1.807, 2.05) is 6.92 Å². The number of hydrogen-bond donors (Lipinski definition) is 1. The van der Waals surface area contributed by atoms with Crippen LogP contribution in [-0.2, 0) is 5.41 Å². The quantitative estimate of drug-likeness (QED) is 0.892. The first-order chi connectivity index (χ1) is 8.47. The zero-order chi connectivity index (χ0) is 13.5. The standard InChI is InChI=1S/C15H23NO2/c1-9-8-10(2)13(17-4)14(18-5)12(9)15(6-7-15)11(3)16/h8,11H,6-7,16H2,1-5H3. The molecule has 1 aromatic rings. The van der Waals surface area contributed by atoms with Crippen molar-refractivity contribution in [3.63, 3.8) is 0 Å². The van der Waals surface area contributed by atoms with Gasteiger partial charge in [-0.1, -0.05) is 6.07 Å². The highest BCUT2D eigenvalue weighted by Gasteiger charge is 2.50. The van der Waals surface area contributed by atoms with Crippen LogP contribution in [0.25, 0.3) is 0 Å². The van der Waals surface area contributed by atoms with Crippen LogP contribution in [0.15, 0.2) is 6.07 Å². The molecule has 100 valence electrons. The normalized spacial score (nSPS) is 18.3. The zero-order valence-corrected chi connectivity index (χ0v) is 12.0. The lowest BCUT2D eigenvalue weighted by atomic mass is 9.84. The SMILES string of the molecule is COc1c(C)cc(C)c(C2(C(C)N)CC2)c1OC. The molecule has 1 aliphatic rings. The first kappa shape index (κ1) is 13.2. The molecule has 2 rings (SSSR count). The van der Waals surface area contributed by atoms with Gasteiger partial charge in [0.25, 0.3) is 0 Å². The molecule has 1 aliphatic carbocycles. The van der Waals surface area contributed by atoms with Crippen molar-refractivity contribution in [3.8, 4) is 11.5 Å². The Balaban J connectivity index is 2.67. The van der Waals surface area contributed by atoms with Crippen LogP contribution in [0.1, 0.15) is 36.5 Å². The fraction of sp³-hybridized carbons (Fsp3) is 0.600. The summed E-state index contributed by atoms with van der Waals surface area (Å²) in [5.41, 5.74) is 9.87. The number of nitrogens with two attached hydrogens (primary N) is 1. The third-order valence-corrected chi connectivity index (χ3v) is 4.19. The summed E-state index contributed by atoms with van der Waals surface area (Å²) in [6, 6.07) is 2.30. The average molecular weight is 249 g/mol. The van der Waals surface area contributed by atoms with Crippen molar-refractivity contribution >= 4 is 0 Å². The fourth-order valence-corrected chi connectivity index (χ4v) is 3.07. The number of methoxy groups -OCH3 is 2. The molecule has 18 heavy (non-hydrogen) atoms. The van der Waals surface area contributed by atoms with Crippen molar-refractivity contribution in [2.75, 3.05) is 14.2 Å². The molecule has 0 aromatic heterocycles. The lowest BCUT2D eigenvalue weighted by Crippen LogP contribution is -2.32. The summed E-state index contributed by atoms with van der Waals surface area (Å²) in [6.45, 7) is 6.26. The van der Waals surface area contributed by atoms with Gasteiger partial charge in [-0.05, 0) is 44.7 Å². The van der Waals surface area contributed by atoms with Gasteiger partial charge in [0.2, 0.25) is 0 Å². The van der Waals surface area contributed by atoms with Crippen molar-refractivity contribution in [1.82, 2.24) is 0 Å². The van der Waals surface area contributed by atoms with E-state index >= 15 is 0 Å². The Morgan fingerprint density at radius 2 is 1.67 bits per heavy atom. The second kappa shape index (κ2) is 4.47. The molecule has 0 amide bonds. The molecule has 0 bridgehead atoms. The molecule has 0 radical (unpaired) electrons. The minimum atomic E-state index is 0.0798. The van der Waals surface area contributed by atoms with Gasteiger partial charge in [-0.25, -0.2) is 0 Å². The van der Waals surface area contributed by atoms with Crippen molar-refractivity contribution in [1.29, 1.82) is 0 Å². The van der Waals surface area contributed by atoms with E-state index in [4.69, 9.17) is 15.2 Å². The lowest BCUT2D eigenvalue weighted by Gasteiger charge is -2.26. The second-order valence-corrected chi connectivity index (χ2v) is 5.40. The highest BCUT2D eigenvalue weighted by atomic mass is 16.5. The summed E-state index contributed by atoms with van der Waals surface area (Å²) >= 11 is 0. The number of ether oxygens (including phenoxy) is 2. The number of aryl methyl sites for hydroxylation is 2. The number of rotatable bonds is 4. The smallest absolute Gasteiger partial charge is 0.165 e.